The average Bonchev–Trinajstić information content (AvgIpc) is 2.67. The number of nitrogens with one attached hydrogen (secondary N) is 1. The van der Waals surface area contributed by atoms with E-state index >= 15 is 0 Å². The van der Waals surface area contributed by atoms with Gasteiger partial charge >= 0.3 is 0 Å². The summed E-state index contributed by atoms with van der Waals surface area (Å²) in [6.07, 6.45) is 2.44. The number of pyridine rings is 1. The summed E-state index contributed by atoms with van der Waals surface area (Å²) in [6, 6.07) is 3.34. The Kier molecular flexibility index (Phi) is 6.60. The van der Waals surface area contributed by atoms with Crippen LogP contribution in [0.1, 0.15) is 6.42 Å². The van der Waals surface area contributed by atoms with Gasteiger partial charge in [0.05, 0.1) is 26.4 Å². The standard InChI is InChI=1S/C16H26N4O4S/c21-25(22,20-8-12-24-13-9-20)15-2-3-16(18-14-15)17-4-1-5-19-6-10-23-11-7-19/h2-3,14H,1,4-13H2,(H,17,18). The normalized spacial score (nSPS) is 20.5. The minimum Gasteiger partial charge on any atom is -0.379 e. The molecule has 0 bridgehead atoms. The first-order valence-electron chi connectivity index (χ1n) is 8.74. The van der Waals surface area contributed by atoms with Crippen molar-refractivity contribution in [1.82, 2.24) is 14.2 Å². The van der Waals surface area contributed by atoms with Crippen molar-refractivity contribution >= 4 is 15.8 Å². The summed E-state index contributed by atoms with van der Waals surface area (Å²) in [5.41, 5.74) is 0. The molecule has 9 heteroatoms. The smallest absolute Gasteiger partial charge is 0.244 e. The molecule has 0 saturated carbocycles. The van der Waals surface area contributed by atoms with Gasteiger partial charge in [0.25, 0.3) is 0 Å². The second kappa shape index (κ2) is 8.91. The molecule has 140 valence electrons. The van der Waals surface area contributed by atoms with Gasteiger partial charge in [-0.1, -0.05) is 0 Å². The number of nitrogens with zero attached hydrogens (tertiary/aromatic N) is 3. The van der Waals surface area contributed by atoms with Gasteiger partial charge in [0.15, 0.2) is 0 Å². The Morgan fingerprint density at radius 1 is 1.04 bits per heavy atom. The van der Waals surface area contributed by atoms with Crippen LogP contribution in [0, 0.1) is 0 Å². The molecule has 0 atom stereocenters. The summed E-state index contributed by atoms with van der Waals surface area (Å²) in [5.74, 6) is 0.697. The zero-order valence-electron chi connectivity index (χ0n) is 14.4. The van der Waals surface area contributed by atoms with E-state index in [1.165, 1.54) is 10.5 Å². The Morgan fingerprint density at radius 3 is 2.36 bits per heavy atom. The van der Waals surface area contributed by atoms with E-state index in [0.29, 0.717) is 32.1 Å². The lowest BCUT2D eigenvalue weighted by atomic mass is 10.3. The van der Waals surface area contributed by atoms with E-state index < -0.39 is 10.0 Å². The summed E-state index contributed by atoms with van der Waals surface area (Å²) in [5, 5.41) is 3.24. The number of ether oxygens (including phenoxy) is 2. The highest BCUT2D eigenvalue weighted by Crippen LogP contribution is 2.17. The molecule has 0 radical (unpaired) electrons. The summed E-state index contributed by atoms with van der Waals surface area (Å²) < 4.78 is 37.0. The molecule has 8 nitrogen and oxygen atoms in total. The van der Waals surface area contributed by atoms with Crippen LogP contribution in [0.3, 0.4) is 0 Å². The molecular formula is C16H26N4O4S. The predicted octanol–water partition coefficient (Wildman–Crippen LogP) is 0.237. The van der Waals surface area contributed by atoms with E-state index in [-0.39, 0.29) is 4.90 Å². The van der Waals surface area contributed by atoms with E-state index in [0.717, 1.165) is 45.8 Å². The highest BCUT2D eigenvalue weighted by molar-refractivity contribution is 7.89. The van der Waals surface area contributed by atoms with Gasteiger partial charge in [-0.25, -0.2) is 13.4 Å². The van der Waals surface area contributed by atoms with Gasteiger partial charge in [0.1, 0.15) is 10.7 Å². The molecule has 0 aliphatic carbocycles. The average molecular weight is 370 g/mol. The van der Waals surface area contributed by atoms with E-state index in [2.05, 4.69) is 15.2 Å². The van der Waals surface area contributed by atoms with Gasteiger partial charge in [-0.15, -0.1) is 0 Å². The number of hydrogen-bond acceptors (Lipinski definition) is 7. The lowest BCUT2D eigenvalue weighted by molar-refractivity contribution is 0.0378. The Morgan fingerprint density at radius 2 is 1.72 bits per heavy atom. The maximum Gasteiger partial charge on any atom is 0.244 e. The van der Waals surface area contributed by atoms with Crippen LogP contribution in [0.5, 0.6) is 0 Å². The summed E-state index contributed by atoms with van der Waals surface area (Å²) in [4.78, 5) is 6.86. The molecule has 0 aromatic carbocycles. The second-order valence-corrected chi connectivity index (χ2v) is 8.07. The Balaban J connectivity index is 1.46. The first-order chi connectivity index (χ1) is 12.2. The van der Waals surface area contributed by atoms with Gasteiger partial charge in [0.2, 0.25) is 10.0 Å². The lowest BCUT2D eigenvalue weighted by Gasteiger charge is -2.26. The van der Waals surface area contributed by atoms with Gasteiger partial charge in [0, 0.05) is 38.9 Å². The molecule has 0 amide bonds. The molecule has 1 aromatic heterocycles. The zero-order valence-corrected chi connectivity index (χ0v) is 15.2. The molecule has 2 aliphatic rings. The van der Waals surface area contributed by atoms with E-state index in [9.17, 15) is 8.42 Å². The topological polar surface area (TPSA) is 84.0 Å². The van der Waals surface area contributed by atoms with Crippen molar-refractivity contribution in [2.45, 2.75) is 11.3 Å². The van der Waals surface area contributed by atoms with Crippen molar-refractivity contribution in [3.05, 3.63) is 18.3 Å². The molecule has 1 aromatic rings. The third-order valence-electron chi connectivity index (χ3n) is 4.41. The number of aromatic nitrogens is 1. The van der Waals surface area contributed by atoms with Crippen LogP contribution in [-0.2, 0) is 19.5 Å². The predicted molar refractivity (Wildman–Crippen MR) is 94.2 cm³/mol. The highest BCUT2D eigenvalue weighted by Gasteiger charge is 2.26. The van der Waals surface area contributed by atoms with Gasteiger partial charge < -0.3 is 14.8 Å². The lowest BCUT2D eigenvalue weighted by Crippen LogP contribution is -2.40. The summed E-state index contributed by atoms with van der Waals surface area (Å²) in [7, 11) is -3.47. The van der Waals surface area contributed by atoms with Crippen molar-refractivity contribution in [3.8, 4) is 0 Å². The molecule has 2 aliphatic heterocycles. The fourth-order valence-corrected chi connectivity index (χ4v) is 4.27. The number of hydrogen-bond donors (Lipinski definition) is 1. The molecule has 0 unspecified atom stereocenters. The third kappa shape index (κ3) is 5.11. The highest BCUT2D eigenvalue weighted by atomic mass is 32.2. The molecule has 25 heavy (non-hydrogen) atoms. The monoisotopic (exact) mass is 370 g/mol. The van der Waals surface area contributed by atoms with Gasteiger partial charge in [-0.05, 0) is 25.1 Å². The molecular weight excluding hydrogens is 344 g/mol. The first kappa shape index (κ1) is 18.5. The van der Waals surface area contributed by atoms with Crippen molar-refractivity contribution < 1.29 is 17.9 Å². The van der Waals surface area contributed by atoms with Crippen LogP contribution < -0.4 is 5.32 Å². The van der Waals surface area contributed by atoms with Crippen LogP contribution in [0.2, 0.25) is 0 Å². The van der Waals surface area contributed by atoms with Crippen molar-refractivity contribution in [2.75, 3.05) is 71.0 Å². The van der Waals surface area contributed by atoms with E-state index in [1.807, 2.05) is 0 Å². The largest absolute Gasteiger partial charge is 0.379 e. The van der Waals surface area contributed by atoms with Crippen LogP contribution >= 0.6 is 0 Å². The van der Waals surface area contributed by atoms with Gasteiger partial charge in [-0.3, -0.25) is 4.90 Å². The number of morpholine rings is 2. The molecule has 0 spiro atoms. The maximum absolute atomic E-state index is 12.5. The van der Waals surface area contributed by atoms with Crippen molar-refractivity contribution in [2.24, 2.45) is 0 Å². The van der Waals surface area contributed by atoms with E-state index in [4.69, 9.17) is 9.47 Å². The minimum atomic E-state index is -3.47. The molecule has 1 N–H and O–H groups in total. The molecule has 3 rings (SSSR count). The molecule has 3 heterocycles. The van der Waals surface area contributed by atoms with Crippen LogP contribution in [0.25, 0.3) is 0 Å². The Bertz CT molecular complexity index is 626. The zero-order chi connectivity index (χ0) is 17.5. The summed E-state index contributed by atoms with van der Waals surface area (Å²) in [6.45, 7) is 7.11. The SMILES string of the molecule is O=S(=O)(c1ccc(NCCCN2CCOCC2)nc1)N1CCOCC1. The second-order valence-electron chi connectivity index (χ2n) is 6.13. The Labute approximate surface area is 149 Å². The number of rotatable bonds is 7. The first-order valence-corrected chi connectivity index (χ1v) is 10.2. The fraction of sp³-hybridized carbons (Fsp3) is 0.688. The Hall–Kier alpha value is -1.26. The van der Waals surface area contributed by atoms with E-state index in [1.54, 1.807) is 12.1 Å². The minimum absolute atomic E-state index is 0.230. The van der Waals surface area contributed by atoms with Crippen LogP contribution in [0.15, 0.2) is 23.2 Å². The number of sulfonamides is 1. The summed E-state index contributed by atoms with van der Waals surface area (Å²) >= 11 is 0. The quantitative estimate of drug-likeness (QED) is 0.688. The van der Waals surface area contributed by atoms with Crippen molar-refractivity contribution in [1.29, 1.82) is 0 Å². The number of anilines is 1. The molecule has 2 saturated heterocycles. The third-order valence-corrected chi connectivity index (χ3v) is 6.29. The van der Waals surface area contributed by atoms with Gasteiger partial charge in [-0.2, -0.15) is 4.31 Å². The fourth-order valence-electron chi connectivity index (χ4n) is 2.92. The van der Waals surface area contributed by atoms with Crippen LogP contribution in [-0.4, -0.2) is 88.3 Å². The maximum atomic E-state index is 12.5. The van der Waals surface area contributed by atoms with Crippen molar-refractivity contribution in [3.63, 3.8) is 0 Å². The van der Waals surface area contributed by atoms with Crippen LogP contribution in [0.4, 0.5) is 5.82 Å². The molecule has 2 fully saturated rings.